The van der Waals surface area contributed by atoms with Crippen LogP contribution >= 0.6 is 0 Å². The number of ether oxygens (including phenoxy) is 1. The van der Waals surface area contributed by atoms with Crippen LogP contribution in [-0.4, -0.2) is 18.8 Å². The summed E-state index contributed by atoms with van der Waals surface area (Å²) < 4.78 is 19.2. The summed E-state index contributed by atoms with van der Waals surface area (Å²) in [6, 6.07) is 6.70. The lowest BCUT2D eigenvalue weighted by atomic mass is 9.88. The predicted molar refractivity (Wildman–Crippen MR) is 66.3 cm³/mol. The van der Waals surface area contributed by atoms with Crippen molar-refractivity contribution in [1.82, 2.24) is 0 Å². The summed E-state index contributed by atoms with van der Waals surface area (Å²) in [6.07, 6.45) is 4.82. The van der Waals surface area contributed by atoms with Crippen LogP contribution in [-0.2, 0) is 11.2 Å². The average Bonchev–Trinajstić information content (AvgIpc) is 2.82. The molecular formula is C14H20FNO. The van der Waals surface area contributed by atoms with E-state index in [1.807, 2.05) is 6.07 Å². The molecule has 0 spiro atoms. The normalized spacial score (nSPS) is 20.4. The Morgan fingerprint density at radius 2 is 2.00 bits per heavy atom. The van der Waals surface area contributed by atoms with Crippen LogP contribution in [0.5, 0.6) is 0 Å². The Bertz CT molecular complexity index is 374. The highest BCUT2D eigenvalue weighted by atomic mass is 19.1. The van der Waals surface area contributed by atoms with Gasteiger partial charge in [0.05, 0.1) is 5.60 Å². The first-order chi connectivity index (χ1) is 8.18. The first-order valence-corrected chi connectivity index (χ1v) is 6.22. The Kier molecular flexibility index (Phi) is 3.79. The first-order valence-electron chi connectivity index (χ1n) is 6.22. The molecule has 0 heterocycles. The lowest BCUT2D eigenvalue weighted by Gasteiger charge is -2.34. The van der Waals surface area contributed by atoms with Gasteiger partial charge in [-0.2, -0.15) is 0 Å². The fourth-order valence-electron chi connectivity index (χ4n) is 2.79. The van der Waals surface area contributed by atoms with Gasteiger partial charge in [-0.05, 0) is 30.9 Å². The maximum atomic E-state index is 13.6. The maximum absolute atomic E-state index is 13.6. The van der Waals surface area contributed by atoms with Crippen LogP contribution in [0.25, 0.3) is 0 Å². The minimum atomic E-state index is -0.248. The third-order valence-corrected chi connectivity index (χ3v) is 3.93. The topological polar surface area (TPSA) is 35.2 Å². The van der Waals surface area contributed by atoms with E-state index in [9.17, 15) is 4.39 Å². The molecule has 0 aromatic heterocycles. The van der Waals surface area contributed by atoms with Crippen molar-refractivity contribution in [3.05, 3.63) is 35.6 Å². The Hall–Kier alpha value is -0.930. The molecule has 0 bridgehead atoms. The molecule has 2 rings (SSSR count). The van der Waals surface area contributed by atoms with Gasteiger partial charge >= 0.3 is 0 Å². The van der Waals surface area contributed by atoms with E-state index in [1.54, 1.807) is 19.2 Å². The fourth-order valence-corrected chi connectivity index (χ4v) is 2.79. The molecule has 0 saturated heterocycles. The van der Waals surface area contributed by atoms with Crippen LogP contribution in [0.2, 0.25) is 0 Å². The second-order valence-electron chi connectivity index (χ2n) is 4.88. The van der Waals surface area contributed by atoms with Gasteiger partial charge in [-0.25, -0.2) is 4.39 Å². The molecule has 94 valence electrons. The van der Waals surface area contributed by atoms with E-state index in [2.05, 4.69) is 0 Å². The molecule has 1 atom stereocenters. The Labute approximate surface area is 102 Å². The van der Waals surface area contributed by atoms with E-state index in [1.165, 1.54) is 6.07 Å². The number of rotatable bonds is 4. The number of benzene rings is 1. The summed E-state index contributed by atoms with van der Waals surface area (Å²) in [6.45, 7) is 0. The van der Waals surface area contributed by atoms with Crippen molar-refractivity contribution >= 4 is 0 Å². The Morgan fingerprint density at radius 3 is 2.59 bits per heavy atom. The standard InChI is InChI=1S/C14H20FNO/c1-17-14(8-4-5-9-14)13(16)10-11-6-2-3-7-12(11)15/h2-3,6-7,13H,4-5,8-10,16H2,1H3. The summed E-state index contributed by atoms with van der Waals surface area (Å²) in [5.41, 5.74) is 6.67. The average molecular weight is 237 g/mol. The van der Waals surface area contributed by atoms with Crippen LogP contribution in [0, 0.1) is 5.82 Å². The monoisotopic (exact) mass is 237 g/mol. The third kappa shape index (κ3) is 2.50. The summed E-state index contributed by atoms with van der Waals surface area (Å²) in [4.78, 5) is 0. The zero-order valence-electron chi connectivity index (χ0n) is 10.3. The minimum Gasteiger partial charge on any atom is -0.377 e. The molecule has 2 nitrogen and oxygen atoms in total. The zero-order valence-corrected chi connectivity index (χ0v) is 10.3. The number of hydrogen-bond acceptors (Lipinski definition) is 2. The van der Waals surface area contributed by atoms with E-state index in [0.717, 1.165) is 25.7 Å². The van der Waals surface area contributed by atoms with Gasteiger partial charge in [0.2, 0.25) is 0 Å². The molecule has 1 aliphatic rings. The van der Waals surface area contributed by atoms with E-state index in [-0.39, 0.29) is 17.5 Å². The maximum Gasteiger partial charge on any atom is 0.126 e. The van der Waals surface area contributed by atoms with Crippen molar-refractivity contribution in [2.45, 2.75) is 43.7 Å². The predicted octanol–water partition coefficient (Wildman–Crippen LogP) is 2.65. The molecule has 3 heteroatoms. The SMILES string of the molecule is COC1(C(N)Cc2ccccc2F)CCCC1. The summed E-state index contributed by atoms with van der Waals surface area (Å²) in [5.74, 6) is -0.174. The molecule has 0 amide bonds. The smallest absolute Gasteiger partial charge is 0.126 e. The second-order valence-corrected chi connectivity index (χ2v) is 4.88. The summed E-state index contributed by atoms with van der Waals surface area (Å²) in [5, 5.41) is 0. The Balaban J connectivity index is 2.10. The number of hydrogen-bond donors (Lipinski definition) is 1. The quantitative estimate of drug-likeness (QED) is 0.873. The molecule has 1 unspecified atom stereocenters. The second kappa shape index (κ2) is 5.15. The van der Waals surface area contributed by atoms with Gasteiger partial charge < -0.3 is 10.5 Å². The first kappa shape index (κ1) is 12.5. The summed E-state index contributed by atoms with van der Waals surface area (Å²) >= 11 is 0. The lowest BCUT2D eigenvalue weighted by Crippen LogP contribution is -2.48. The van der Waals surface area contributed by atoms with Gasteiger partial charge in [-0.1, -0.05) is 31.0 Å². The summed E-state index contributed by atoms with van der Waals surface area (Å²) in [7, 11) is 1.71. The van der Waals surface area contributed by atoms with E-state index >= 15 is 0 Å². The molecule has 1 saturated carbocycles. The van der Waals surface area contributed by atoms with Crippen LogP contribution in [0.4, 0.5) is 4.39 Å². The largest absolute Gasteiger partial charge is 0.377 e. The van der Waals surface area contributed by atoms with Crippen LogP contribution in [0.3, 0.4) is 0 Å². The number of halogens is 1. The Morgan fingerprint density at radius 1 is 1.35 bits per heavy atom. The molecule has 1 fully saturated rings. The molecule has 0 aliphatic heterocycles. The number of methoxy groups -OCH3 is 1. The molecule has 17 heavy (non-hydrogen) atoms. The van der Waals surface area contributed by atoms with Crippen LogP contribution in [0.1, 0.15) is 31.2 Å². The van der Waals surface area contributed by atoms with Gasteiger partial charge in [0, 0.05) is 13.2 Å². The highest BCUT2D eigenvalue weighted by molar-refractivity contribution is 5.19. The van der Waals surface area contributed by atoms with Crippen molar-refractivity contribution in [2.75, 3.05) is 7.11 Å². The highest BCUT2D eigenvalue weighted by Crippen LogP contribution is 2.36. The van der Waals surface area contributed by atoms with Crippen molar-refractivity contribution in [2.24, 2.45) is 5.73 Å². The highest BCUT2D eigenvalue weighted by Gasteiger charge is 2.39. The van der Waals surface area contributed by atoms with E-state index < -0.39 is 0 Å². The van der Waals surface area contributed by atoms with Crippen molar-refractivity contribution in [3.63, 3.8) is 0 Å². The van der Waals surface area contributed by atoms with E-state index in [4.69, 9.17) is 10.5 Å². The molecule has 1 aliphatic carbocycles. The fraction of sp³-hybridized carbons (Fsp3) is 0.571. The van der Waals surface area contributed by atoms with E-state index in [0.29, 0.717) is 12.0 Å². The molecular weight excluding hydrogens is 217 g/mol. The van der Waals surface area contributed by atoms with Crippen molar-refractivity contribution in [3.8, 4) is 0 Å². The van der Waals surface area contributed by atoms with Gasteiger partial charge in [-0.3, -0.25) is 0 Å². The van der Waals surface area contributed by atoms with Gasteiger partial charge in [0.1, 0.15) is 5.82 Å². The molecule has 0 radical (unpaired) electrons. The lowest BCUT2D eigenvalue weighted by molar-refractivity contribution is -0.0255. The molecule has 2 N–H and O–H groups in total. The number of nitrogens with two attached hydrogens (primary N) is 1. The zero-order chi connectivity index (χ0) is 12.3. The van der Waals surface area contributed by atoms with Crippen molar-refractivity contribution < 1.29 is 9.13 Å². The van der Waals surface area contributed by atoms with Crippen LogP contribution in [0.15, 0.2) is 24.3 Å². The minimum absolute atomic E-state index is 0.133. The van der Waals surface area contributed by atoms with Gasteiger partial charge in [-0.15, -0.1) is 0 Å². The third-order valence-electron chi connectivity index (χ3n) is 3.93. The van der Waals surface area contributed by atoms with Crippen molar-refractivity contribution in [1.29, 1.82) is 0 Å². The van der Waals surface area contributed by atoms with Gasteiger partial charge in [0.15, 0.2) is 0 Å². The molecule has 1 aromatic rings. The van der Waals surface area contributed by atoms with Crippen LogP contribution < -0.4 is 5.73 Å². The molecule has 1 aromatic carbocycles. The van der Waals surface area contributed by atoms with Gasteiger partial charge in [0.25, 0.3) is 0 Å².